The molecule has 1 aliphatic carbocycles. The second-order valence-corrected chi connectivity index (χ2v) is 4.36. The lowest BCUT2D eigenvalue weighted by molar-refractivity contribution is -0.114. The third-order valence-corrected chi connectivity index (χ3v) is 2.73. The van der Waals surface area contributed by atoms with Crippen molar-refractivity contribution in [2.24, 2.45) is 0 Å². The molecule has 0 bridgehead atoms. The van der Waals surface area contributed by atoms with E-state index in [4.69, 9.17) is 0 Å². The first-order chi connectivity index (χ1) is 6.18. The molecule has 1 heterocycles. The highest BCUT2D eigenvalue weighted by atomic mass is 127. The molecule has 0 atom stereocenters. The Bertz CT molecular complexity index is 343. The minimum Gasteiger partial charge on any atom is -0.310 e. The highest BCUT2D eigenvalue weighted by Crippen LogP contribution is 2.37. The normalized spacial score (nSPS) is 15.8. The monoisotopic (exact) mass is 291 g/mol. The number of nitrogens with zero attached hydrogens (tertiary/aromatic N) is 2. The van der Waals surface area contributed by atoms with Gasteiger partial charge < -0.3 is 5.32 Å². The molecule has 0 saturated heterocycles. The van der Waals surface area contributed by atoms with Crippen molar-refractivity contribution in [2.75, 3.05) is 5.32 Å². The van der Waals surface area contributed by atoms with Gasteiger partial charge in [0.2, 0.25) is 5.91 Å². The fraction of sp³-hybridized carbons (Fsp3) is 0.500. The van der Waals surface area contributed by atoms with Crippen LogP contribution in [0.15, 0.2) is 6.20 Å². The van der Waals surface area contributed by atoms with E-state index in [1.165, 1.54) is 19.8 Å². The highest BCUT2D eigenvalue weighted by Gasteiger charge is 2.27. The molecule has 1 saturated carbocycles. The summed E-state index contributed by atoms with van der Waals surface area (Å²) in [6.07, 6.45) is 4.12. The average Bonchev–Trinajstić information content (AvgIpc) is 2.81. The molecule has 1 amide bonds. The Labute approximate surface area is 89.8 Å². The van der Waals surface area contributed by atoms with Gasteiger partial charge in [0, 0.05) is 6.92 Å². The maximum Gasteiger partial charge on any atom is 0.222 e. The fourth-order valence-electron chi connectivity index (χ4n) is 1.22. The van der Waals surface area contributed by atoms with Crippen molar-refractivity contribution >= 4 is 34.3 Å². The van der Waals surface area contributed by atoms with E-state index in [2.05, 4.69) is 33.0 Å². The van der Waals surface area contributed by atoms with E-state index in [0.717, 1.165) is 9.39 Å². The molecule has 0 aliphatic heterocycles. The number of carbonyl (C=O) groups excluding carboxylic acids is 1. The zero-order valence-electron chi connectivity index (χ0n) is 7.25. The van der Waals surface area contributed by atoms with Crippen LogP contribution in [0.1, 0.15) is 25.8 Å². The Kier molecular flexibility index (Phi) is 2.27. The number of anilines is 1. The quantitative estimate of drug-likeness (QED) is 0.844. The predicted molar refractivity (Wildman–Crippen MR) is 57.5 cm³/mol. The maximum absolute atomic E-state index is 10.9. The third-order valence-electron chi connectivity index (χ3n) is 1.94. The van der Waals surface area contributed by atoms with E-state index in [1.54, 1.807) is 6.20 Å². The largest absolute Gasteiger partial charge is 0.310 e. The number of aromatic nitrogens is 2. The van der Waals surface area contributed by atoms with Gasteiger partial charge in [-0.1, -0.05) is 0 Å². The standard InChI is InChI=1S/C8H10IN3O/c1-5(13)11-8-7(9)4-10-12(8)6-2-3-6/h4,6H,2-3H2,1H3,(H,11,13). The van der Waals surface area contributed by atoms with Gasteiger partial charge in [-0.25, -0.2) is 4.68 Å². The number of halogens is 1. The fourth-order valence-corrected chi connectivity index (χ4v) is 1.73. The van der Waals surface area contributed by atoms with Gasteiger partial charge in [-0.2, -0.15) is 5.10 Å². The summed E-state index contributed by atoms with van der Waals surface area (Å²) < 4.78 is 2.91. The topological polar surface area (TPSA) is 46.9 Å². The van der Waals surface area contributed by atoms with Gasteiger partial charge in [-0.05, 0) is 35.4 Å². The molecule has 2 rings (SSSR count). The van der Waals surface area contributed by atoms with Crippen LogP contribution in [0.3, 0.4) is 0 Å². The van der Waals surface area contributed by atoms with Crippen LogP contribution in [0, 0.1) is 3.57 Å². The molecular weight excluding hydrogens is 281 g/mol. The number of amides is 1. The molecule has 1 fully saturated rings. The Morgan fingerprint density at radius 2 is 2.46 bits per heavy atom. The Hall–Kier alpha value is -0.590. The van der Waals surface area contributed by atoms with Crippen molar-refractivity contribution in [1.29, 1.82) is 0 Å². The van der Waals surface area contributed by atoms with Crippen molar-refractivity contribution in [1.82, 2.24) is 9.78 Å². The van der Waals surface area contributed by atoms with Crippen molar-refractivity contribution < 1.29 is 4.79 Å². The molecule has 0 radical (unpaired) electrons. The summed E-state index contributed by atoms with van der Waals surface area (Å²) in [7, 11) is 0. The molecule has 70 valence electrons. The molecule has 0 unspecified atom stereocenters. The van der Waals surface area contributed by atoms with Gasteiger partial charge in [0.25, 0.3) is 0 Å². The van der Waals surface area contributed by atoms with Crippen LogP contribution in [0.2, 0.25) is 0 Å². The minimum atomic E-state index is -0.0414. The van der Waals surface area contributed by atoms with Gasteiger partial charge in [0.15, 0.2) is 0 Å². The lowest BCUT2D eigenvalue weighted by atomic mass is 10.5. The number of hydrogen-bond acceptors (Lipinski definition) is 2. The van der Waals surface area contributed by atoms with Crippen LogP contribution in [0.5, 0.6) is 0 Å². The summed E-state index contributed by atoms with van der Waals surface area (Å²) in [6.45, 7) is 1.51. The molecule has 0 aromatic carbocycles. The van der Waals surface area contributed by atoms with Crippen molar-refractivity contribution in [3.05, 3.63) is 9.77 Å². The van der Waals surface area contributed by atoms with Gasteiger partial charge in [0.1, 0.15) is 5.82 Å². The third kappa shape index (κ3) is 1.84. The highest BCUT2D eigenvalue weighted by molar-refractivity contribution is 14.1. The first kappa shape index (κ1) is 8.98. The van der Waals surface area contributed by atoms with E-state index in [9.17, 15) is 4.79 Å². The zero-order valence-corrected chi connectivity index (χ0v) is 9.41. The Morgan fingerprint density at radius 1 is 1.77 bits per heavy atom. The summed E-state index contributed by atoms with van der Waals surface area (Å²) in [6, 6.07) is 0.505. The second kappa shape index (κ2) is 3.28. The summed E-state index contributed by atoms with van der Waals surface area (Å²) in [5.41, 5.74) is 0. The van der Waals surface area contributed by atoms with E-state index >= 15 is 0 Å². The lowest BCUT2D eigenvalue weighted by Crippen LogP contribution is -2.12. The van der Waals surface area contributed by atoms with E-state index in [0.29, 0.717) is 6.04 Å². The SMILES string of the molecule is CC(=O)Nc1c(I)cnn1C1CC1. The molecule has 1 aliphatic rings. The molecule has 1 N–H and O–H groups in total. The van der Waals surface area contributed by atoms with Gasteiger partial charge in [-0.15, -0.1) is 0 Å². The average molecular weight is 291 g/mol. The Balaban J connectivity index is 2.28. The van der Waals surface area contributed by atoms with Crippen LogP contribution in [0.25, 0.3) is 0 Å². The van der Waals surface area contributed by atoms with Gasteiger partial charge in [0.05, 0.1) is 15.8 Å². The first-order valence-electron chi connectivity index (χ1n) is 4.19. The van der Waals surface area contributed by atoms with E-state index in [1.807, 2.05) is 4.68 Å². The summed E-state index contributed by atoms with van der Waals surface area (Å²) in [5, 5.41) is 7.02. The van der Waals surface area contributed by atoms with Crippen molar-refractivity contribution in [3.63, 3.8) is 0 Å². The molecule has 4 nitrogen and oxygen atoms in total. The van der Waals surface area contributed by atoms with Crippen molar-refractivity contribution in [2.45, 2.75) is 25.8 Å². The smallest absolute Gasteiger partial charge is 0.222 e. The molecule has 1 aromatic rings. The molecular formula is C8H10IN3O. The summed E-state index contributed by atoms with van der Waals surface area (Å²) in [4.78, 5) is 10.9. The van der Waals surface area contributed by atoms with E-state index < -0.39 is 0 Å². The first-order valence-corrected chi connectivity index (χ1v) is 5.27. The number of hydrogen-bond donors (Lipinski definition) is 1. The van der Waals surface area contributed by atoms with Gasteiger partial charge >= 0.3 is 0 Å². The molecule has 13 heavy (non-hydrogen) atoms. The molecule has 0 spiro atoms. The summed E-state index contributed by atoms with van der Waals surface area (Å²) in [5.74, 6) is 0.802. The molecule has 1 aromatic heterocycles. The summed E-state index contributed by atoms with van der Waals surface area (Å²) >= 11 is 2.18. The van der Waals surface area contributed by atoms with E-state index in [-0.39, 0.29) is 5.91 Å². The van der Waals surface area contributed by atoms with Crippen LogP contribution < -0.4 is 5.32 Å². The van der Waals surface area contributed by atoms with Crippen LogP contribution >= 0.6 is 22.6 Å². The maximum atomic E-state index is 10.9. The number of rotatable bonds is 2. The second-order valence-electron chi connectivity index (χ2n) is 3.20. The van der Waals surface area contributed by atoms with Gasteiger partial charge in [-0.3, -0.25) is 4.79 Å². The van der Waals surface area contributed by atoms with Crippen LogP contribution in [0.4, 0.5) is 5.82 Å². The molecule has 5 heteroatoms. The van der Waals surface area contributed by atoms with Crippen LogP contribution in [-0.4, -0.2) is 15.7 Å². The van der Waals surface area contributed by atoms with Crippen LogP contribution in [-0.2, 0) is 4.79 Å². The Morgan fingerprint density at radius 3 is 3.00 bits per heavy atom. The number of carbonyl (C=O) groups is 1. The predicted octanol–water partition coefficient (Wildman–Crippen LogP) is 1.78. The van der Waals surface area contributed by atoms with Crippen molar-refractivity contribution in [3.8, 4) is 0 Å². The lowest BCUT2D eigenvalue weighted by Gasteiger charge is -2.05. The zero-order chi connectivity index (χ0) is 9.42. The number of nitrogens with one attached hydrogen (secondary N) is 1. The minimum absolute atomic E-state index is 0.0414.